The summed E-state index contributed by atoms with van der Waals surface area (Å²) in [7, 11) is 1.74. The number of carbonyl (C=O) groups is 4. The van der Waals surface area contributed by atoms with Crippen molar-refractivity contribution in [3.05, 3.63) is 0 Å². The third kappa shape index (κ3) is 7.30. The quantitative estimate of drug-likeness (QED) is 0.451. The van der Waals surface area contributed by atoms with Crippen LogP contribution in [-0.4, -0.2) is 64.1 Å². The Kier molecular flexibility index (Phi) is 9.55. The smallest absolute Gasteiger partial charge is 0.243 e. The zero-order valence-electron chi connectivity index (χ0n) is 21.5. The van der Waals surface area contributed by atoms with E-state index in [0.29, 0.717) is 18.6 Å². The highest BCUT2D eigenvalue weighted by molar-refractivity contribution is 8.00. The van der Waals surface area contributed by atoms with Crippen molar-refractivity contribution in [2.75, 3.05) is 12.8 Å². The summed E-state index contributed by atoms with van der Waals surface area (Å²) in [5.41, 5.74) is -1.61. The molecule has 8 heteroatoms. The van der Waals surface area contributed by atoms with Gasteiger partial charge in [-0.1, -0.05) is 34.6 Å². The van der Waals surface area contributed by atoms with Gasteiger partial charge in [-0.2, -0.15) is 0 Å². The van der Waals surface area contributed by atoms with Crippen molar-refractivity contribution in [2.45, 2.75) is 104 Å². The second-order valence-corrected chi connectivity index (χ2v) is 12.6. The molecule has 3 amide bonds. The van der Waals surface area contributed by atoms with E-state index in [2.05, 4.69) is 31.4 Å². The molecule has 0 radical (unpaired) electrons. The van der Waals surface area contributed by atoms with Gasteiger partial charge in [0.25, 0.3) is 0 Å². The van der Waals surface area contributed by atoms with Gasteiger partial charge in [0.05, 0.1) is 11.3 Å². The van der Waals surface area contributed by atoms with Crippen molar-refractivity contribution in [1.29, 1.82) is 0 Å². The lowest BCUT2D eigenvalue weighted by Crippen LogP contribution is -2.54. The molecule has 3 atom stereocenters. The zero-order chi connectivity index (χ0) is 25.1. The SMILES string of the molecule is CNC(CCSC1CC(=O)N(C(C)(C)CC(C)(C)C(=O)NC(C)C(C)(C)C)C1=O)C(C)=O. The second kappa shape index (κ2) is 10.7. The summed E-state index contributed by atoms with van der Waals surface area (Å²) in [4.78, 5) is 51.8. The third-order valence-corrected chi connectivity index (χ3v) is 7.65. The Morgan fingerprint density at radius 3 is 2.16 bits per heavy atom. The average Bonchev–Trinajstić information content (AvgIpc) is 2.90. The summed E-state index contributed by atoms with van der Waals surface area (Å²) in [6, 6.07) is -0.248. The standard InChI is InChI=1S/C24H43N3O4S/c1-15(28)17(25-10)11-12-32-18-13-19(29)27(20(18)30)24(8,9)14-23(6,7)21(31)26-16(2)22(3,4)5/h16-18,25H,11-14H2,1-10H3,(H,26,31). The van der Waals surface area contributed by atoms with Gasteiger partial charge in [-0.05, 0) is 58.8 Å². The van der Waals surface area contributed by atoms with Gasteiger partial charge in [-0.25, -0.2) is 0 Å². The van der Waals surface area contributed by atoms with Crippen LogP contribution in [0.1, 0.15) is 81.6 Å². The number of likely N-dealkylation sites (N-methyl/N-ethyl adjacent to an activating group) is 1. The highest BCUT2D eigenvalue weighted by atomic mass is 32.2. The number of rotatable bonds is 11. The summed E-state index contributed by atoms with van der Waals surface area (Å²) in [5.74, 6) is 0.190. The van der Waals surface area contributed by atoms with E-state index in [9.17, 15) is 19.2 Å². The monoisotopic (exact) mass is 469 g/mol. The Morgan fingerprint density at radius 2 is 1.69 bits per heavy atom. The number of likely N-dealkylation sites (tertiary alicyclic amines) is 1. The Hall–Kier alpha value is -1.41. The van der Waals surface area contributed by atoms with Crippen LogP contribution in [0.2, 0.25) is 0 Å². The van der Waals surface area contributed by atoms with E-state index in [4.69, 9.17) is 0 Å². The van der Waals surface area contributed by atoms with E-state index in [-0.39, 0.29) is 47.4 Å². The minimum absolute atomic E-state index is 0.00958. The molecule has 0 aliphatic carbocycles. The third-order valence-electron chi connectivity index (χ3n) is 6.41. The first kappa shape index (κ1) is 28.6. The minimum atomic E-state index is -0.790. The van der Waals surface area contributed by atoms with Crippen LogP contribution >= 0.6 is 11.8 Å². The van der Waals surface area contributed by atoms with Crippen LogP contribution in [0.5, 0.6) is 0 Å². The first-order valence-corrected chi connectivity index (χ1v) is 12.5. The lowest BCUT2D eigenvalue weighted by molar-refractivity contribution is -0.147. The van der Waals surface area contributed by atoms with Gasteiger partial charge in [0.2, 0.25) is 17.7 Å². The number of hydrogen-bond acceptors (Lipinski definition) is 6. The number of carbonyl (C=O) groups excluding carboxylic acids is 4. The Balaban J connectivity index is 2.83. The van der Waals surface area contributed by atoms with Crippen molar-refractivity contribution in [3.63, 3.8) is 0 Å². The Labute approximate surface area is 198 Å². The molecule has 32 heavy (non-hydrogen) atoms. The number of imide groups is 1. The molecule has 1 fully saturated rings. The molecule has 0 bridgehead atoms. The van der Waals surface area contributed by atoms with Crippen LogP contribution in [0, 0.1) is 10.8 Å². The van der Waals surface area contributed by atoms with Gasteiger partial charge >= 0.3 is 0 Å². The van der Waals surface area contributed by atoms with Crippen molar-refractivity contribution >= 4 is 35.3 Å². The van der Waals surface area contributed by atoms with Crippen LogP contribution in [0.4, 0.5) is 0 Å². The molecular weight excluding hydrogens is 426 g/mol. The average molecular weight is 470 g/mol. The first-order chi connectivity index (χ1) is 14.4. The normalized spacial score (nSPS) is 19.8. The molecule has 0 aromatic rings. The largest absolute Gasteiger partial charge is 0.353 e. The maximum atomic E-state index is 13.1. The number of thioether (sulfide) groups is 1. The van der Waals surface area contributed by atoms with E-state index in [1.807, 2.05) is 34.6 Å². The highest BCUT2D eigenvalue weighted by Crippen LogP contribution is 2.38. The number of hydrogen-bond donors (Lipinski definition) is 2. The fraction of sp³-hybridized carbons (Fsp3) is 0.833. The molecule has 0 aromatic heterocycles. The molecule has 1 saturated heterocycles. The molecule has 7 nitrogen and oxygen atoms in total. The number of Topliss-reactive ketones (excluding diaryl/α,β-unsaturated/α-hetero) is 1. The lowest BCUT2D eigenvalue weighted by atomic mass is 9.77. The molecule has 0 spiro atoms. The fourth-order valence-corrected chi connectivity index (χ4v) is 5.26. The maximum absolute atomic E-state index is 13.1. The molecule has 2 N–H and O–H groups in total. The Bertz CT molecular complexity index is 727. The Morgan fingerprint density at radius 1 is 1.12 bits per heavy atom. The number of amides is 3. The molecular formula is C24H43N3O4S. The highest BCUT2D eigenvalue weighted by Gasteiger charge is 2.49. The molecule has 184 valence electrons. The van der Waals surface area contributed by atoms with E-state index >= 15 is 0 Å². The van der Waals surface area contributed by atoms with Gasteiger partial charge in [-0.3, -0.25) is 24.1 Å². The minimum Gasteiger partial charge on any atom is -0.353 e. The van der Waals surface area contributed by atoms with Crippen molar-refractivity contribution in [2.24, 2.45) is 10.8 Å². The maximum Gasteiger partial charge on any atom is 0.243 e. The van der Waals surface area contributed by atoms with Gasteiger partial charge in [0.1, 0.15) is 5.78 Å². The van der Waals surface area contributed by atoms with Gasteiger partial charge in [0, 0.05) is 23.4 Å². The second-order valence-electron chi connectivity index (χ2n) is 11.3. The summed E-state index contributed by atoms with van der Waals surface area (Å²) in [5, 5.41) is 5.63. The van der Waals surface area contributed by atoms with Crippen LogP contribution in [0.15, 0.2) is 0 Å². The zero-order valence-corrected chi connectivity index (χ0v) is 22.4. The molecule has 0 saturated carbocycles. The van der Waals surface area contributed by atoms with Crippen LogP contribution in [-0.2, 0) is 19.2 Å². The summed E-state index contributed by atoms with van der Waals surface area (Å²) in [6.45, 7) is 17.2. The molecule has 1 rings (SSSR count). The lowest BCUT2D eigenvalue weighted by Gasteiger charge is -2.40. The van der Waals surface area contributed by atoms with E-state index in [0.717, 1.165) is 0 Å². The van der Waals surface area contributed by atoms with Gasteiger partial charge in [0.15, 0.2) is 0 Å². The summed E-state index contributed by atoms with van der Waals surface area (Å²) >= 11 is 1.43. The first-order valence-electron chi connectivity index (χ1n) is 11.4. The van der Waals surface area contributed by atoms with E-state index in [1.54, 1.807) is 14.0 Å². The summed E-state index contributed by atoms with van der Waals surface area (Å²) in [6.07, 6.45) is 1.13. The number of nitrogens with one attached hydrogen (secondary N) is 2. The van der Waals surface area contributed by atoms with E-state index in [1.165, 1.54) is 16.7 Å². The predicted octanol–water partition coefficient (Wildman–Crippen LogP) is 3.16. The van der Waals surface area contributed by atoms with Gasteiger partial charge in [-0.15, -0.1) is 11.8 Å². The predicted molar refractivity (Wildman–Crippen MR) is 130 cm³/mol. The number of nitrogens with zero attached hydrogens (tertiary/aromatic N) is 1. The fourth-order valence-electron chi connectivity index (χ4n) is 4.10. The molecule has 1 heterocycles. The van der Waals surface area contributed by atoms with Crippen molar-refractivity contribution in [1.82, 2.24) is 15.5 Å². The molecule has 1 aliphatic heterocycles. The van der Waals surface area contributed by atoms with Crippen LogP contribution in [0.3, 0.4) is 0 Å². The van der Waals surface area contributed by atoms with Crippen LogP contribution < -0.4 is 10.6 Å². The molecule has 1 aliphatic rings. The summed E-state index contributed by atoms with van der Waals surface area (Å²) < 4.78 is 0. The molecule has 0 aromatic carbocycles. The van der Waals surface area contributed by atoms with Crippen LogP contribution in [0.25, 0.3) is 0 Å². The topological polar surface area (TPSA) is 95.6 Å². The van der Waals surface area contributed by atoms with Gasteiger partial charge < -0.3 is 10.6 Å². The van der Waals surface area contributed by atoms with E-state index < -0.39 is 16.2 Å². The van der Waals surface area contributed by atoms with Crippen molar-refractivity contribution in [3.8, 4) is 0 Å². The number of ketones is 1. The molecule has 3 unspecified atom stereocenters. The van der Waals surface area contributed by atoms with Crippen molar-refractivity contribution < 1.29 is 19.2 Å².